The number of esters is 1. The molecule has 1 aliphatic rings. The van der Waals surface area contributed by atoms with Crippen molar-refractivity contribution < 1.29 is 19.1 Å². The van der Waals surface area contributed by atoms with Crippen LogP contribution in [-0.2, 0) is 14.3 Å². The summed E-state index contributed by atoms with van der Waals surface area (Å²) in [6, 6.07) is 3.74. The van der Waals surface area contributed by atoms with Crippen LogP contribution in [0.3, 0.4) is 0 Å². The SMILES string of the molecule is COC(=O)C(CC(C)C)N1C(=O)C(=O)c2ccc(Cl)cc21. The van der Waals surface area contributed by atoms with Crippen LogP contribution in [0.2, 0.25) is 5.02 Å². The first-order valence-electron chi connectivity index (χ1n) is 6.62. The van der Waals surface area contributed by atoms with Gasteiger partial charge in [-0.05, 0) is 30.5 Å². The number of fused-ring (bicyclic) bond motifs is 1. The first-order valence-corrected chi connectivity index (χ1v) is 7.00. The van der Waals surface area contributed by atoms with Crippen LogP contribution in [0.1, 0.15) is 30.6 Å². The van der Waals surface area contributed by atoms with Gasteiger partial charge in [-0.3, -0.25) is 14.5 Å². The van der Waals surface area contributed by atoms with Crippen molar-refractivity contribution in [1.29, 1.82) is 0 Å². The molecule has 0 bridgehead atoms. The Hall–Kier alpha value is -1.88. The second-order valence-corrected chi connectivity index (χ2v) is 5.77. The molecule has 0 aromatic heterocycles. The molecule has 1 aromatic carbocycles. The highest BCUT2D eigenvalue weighted by Gasteiger charge is 2.43. The first kappa shape index (κ1) is 15.5. The molecule has 5 nitrogen and oxygen atoms in total. The average molecular weight is 310 g/mol. The van der Waals surface area contributed by atoms with Gasteiger partial charge in [0.25, 0.3) is 11.7 Å². The molecule has 0 radical (unpaired) electrons. The molecule has 0 aliphatic carbocycles. The number of amides is 1. The Kier molecular flexibility index (Phi) is 4.32. The number of ether oxygens (including phenoxy) is 1. The number of rotatable bonds is 4. The Balaban J connectivity index is 2.50. The summed E-state index contributed by atoms with van der Waals surface area (Å²) in [6.07, 6.45) is 0.400. The molecule has 1 atom stereocenters. The number of halogens is 1. The molecule has 0 fully saturated rings. The maximum Gasteiger partial charge on any atom is 0.328 e. The number of carbonyl (C=O) groups excluding carboxylic acids is 3. The van der Waals surface area contributed by atoms with Gasteiger partial charge in [0.15, 0.2) is 0 Å². The van der Waals surface area contributed by atoms with Gasteiger partial charge in [0.2, 0.25) is 0 Å². The van der Waals surface area contributed by atoms with E-state index in [1.165, 1.54) is 24.1 Å². The molecule has 1 amide bonds. The van der Waals surface area contributed by atoms with E-state index in [2.05, 4.69) is 0 Å². The van der Waals surface area contributed by atoms with Gasteiger partial charge in [-0.15, -0.1) is 0 Å². The van der Waals surface area contributed by atoms with Crippen molar-refractivity contribution in [3.63, 3.8) is 0 Å². The fourth-order valence-corrected chi connectivity index (χ4v) is 2.60. The van der Waals surface area contributed by atoms with Crippen molar-refractivity contribution in [2.75, 3.05) is 12.0 Å². The third kappa shape index (κ3) is 2.78. The third-order valence-corrected chi connectivity index (χ3v) is 3.59. The molecular weight excluding hydrogens is 294 g/mol. The summed E-state index contributed by atoms with van der Waals surface area (Å²) < 4.78 is 4.78. The molecule has 1 unspecified atom stereocenters. The summed E-state index contributed by atoms with van der Waals surface area (Å²) >= 11 is 5.94. The Morgan fingerprint density at radius 1 is 1.33 bits per heavy atom. The number of carbonyl (C=O) groups is 3. The van der Waals surface area contributed by atoms with E-state index in [1.807, 2.05) is 13.8 Å². The summed E-state index contributed by atoms with van der Waals surface area (Å²) in [6.45, 7) is 3.86. The third-order valence-electron chi connectivity index (χ3n) is 3.36. The summed E-state index contributed by atoms with van der Waals surface area (Å²) in [4.78, 5) is 37.5. The zero-order chi connectivity index (χ0) is 15.7. The minimum absolute atomic E-state index is 0.153. The van der Waals surface area contributed by atoms with Gasteiger partial charge in [0, 0.05) is 5.02 Å². The van der Waals surface area contributed by atoms with Crippen LogP contribution in [0.4, 0.5) is 5.69 Å². The zero-order valence-corrected chi connectivity index (χ0v) is 12.8. The largest absolute Gasteiger partial charge is 0.467 e. The Morgan fingerprint density at radius 2 is 2.00 bits per heavy atom. The fraction of sp³-hybridized carbons (Fsp3) is 0.400. The molecule has 1 aliphatic heterocycles. The number of Topliss-reactive ketones (excluding diaryl/α,β-unsaturated/α-hetero) is 1. The number of ketones is 1. The molecular formula is C15H16ClNO4. The van der Waals surface area contributed by atoms with Crippen LogP contribution in [0, 0.1) is 5.92 Å². The Morgan fingerprint density at radius 3 is 2.57 bits per heavy atom. The van der Waals surface area contributed by atoms with E-state index < -0.39 is 23.7 Å². The topological polar surface area (TPSA) is 63.7 Å². The minimum atomic E-state index is -0.828. The van der Waals surface area contributed by atoms with Crippen molar-refractivity contribution in [3.8, 4) is 0 Å². The number of hydrogen-bond acceptors (Lipinski definition) is 4. The molecule has 112 valence electrons. The number of methoxy groups -OCH3 is 1. The van der Waals surface area contributed by atoms with Gasteiger partial charge in [-0.25, -0.2) is 4.79 Å². The van der Waals surface area contributed by atoms with E-state index in [0.717, 1.165) is 0 Å². The lowest BCUT2D eigenvalue weighted by Gasteiger charge is -2.27. The minimum Gasteiger partial charge on any atom is -0.467 e. The highest BCUT2D eigenvalue weighted by Crippen LogP contribution is 2.34. The van der Waals surface area contributed by atoms with E-state index in [9.17, 15) is 14.4 Å². The smallest absolute Gasteiger partial charge is 0.328 e. The first-order chi connectivity index (χ1) is 9.86. The van der Waals surface area contributed by atoms with E-state index >= 15 is 0 Å². The normalized spacial score (nSPS) is 15.4. The highest BCUT2D eigenvalue weighted by atomic mass is 35.5. The number of hydrogen-bond donors (Lipinski definition) is 0. The average Bonchev–Trinajstić information content (AvgIpc) is 2.67. The molecule has 1 heterocycles. The highest BCUT2D eigenvalue weighted by molar-refractivity contribution is 6.53. The van der Waals surface area contributed by atoms with Gasteiger partial charge < -0.3 is 4.74 Å². The number of benzene rings is 1. The van der Waals surface area contributed by atoms with E-state index in [4.69, 9.17) is 16.3 Å². The molecule has 0 spiro atoms. The molecule has 0 saturated carbocycles. The van der Waals surface area contributed by atoms with Crippen LogP contribution in [0.15, 0.2) is 18.2 Å². The molecule has 1 aromatic rings. The fourth-order valence-electron chi connectivity index (χ4n) is 2.43. The van der Waals surface area contributed by atoms with E-state index in [-0.39, 0.29) is 11.5 Å². The maximum atomic E-state index is 12.2. The van der Waals surface area contributed by atoms with Crippen LogP contribution in [0.5, 0.6) is 0 Å². The van der Waals surface area contributed by atoms with Gasteiger partial charge in [-0.2, -0.15) is 0 Å². The number of anilines is 1. The van der Waals surface area contributed by atoms with Gasteiger partial charge in [-0.1, -0.05) is 25.4 Å². The monoisotopic (exact) mass is 309 g/mol. The lowest BCUT2D eigenvalue weighted by molar-refractivity contribution is -0.143. The lowest BCUT2D eigenvalue weighted by atomic mass is 10.0. The molecule has 6 heteroatoms. The van der Waals surface area contributed by atoms with Crippen LogP contribution < -0.4 is 4.90 Å². The molecule has 2 rings (SSSR count). The number of nitrogens with zero attached hydrogens (tertiary/aromatic N) is 1. The summed E-state index contributed by atoms with van der Waals surface area (Å²) in [5.74, 6) is -1.74. The standard InChI is InChI=1S/C15H16ClNO4/c1-8(2)6-12(15(20)21-3)17-11-7-9(16)4-5-10(11)13(18)14(17)19/h4-5,7-8,12H,6H2,1-3H3. The summed E-state index contributed by atoms with van der Waals surface area (Å²) in [5, 5.41) is 0.398. The van der Waals surface area contributed by atoms with E-state index in [0.29, 0.717) is 17.1 Å². The Labute approximate surface area is 127 Å². The lowest BCUT2D eigenvalue weighted by Crippen LogP contribution is -2.45. The Bertz CT molecular complexity index is 612. The van der Waals surface area contributed by atoms with E-state index in [1.54, 1.807) is 6.07 Å². The second kappa shape index (κ2) is 5.85. The van der Waals surface area contributed by atoms with Gasteiger partial charge in [0.05, 0.1) is 18.4 Å². The van der Waals surface area contributed by atoms with Crippen molar-refractivity contribution in [2.24, 2.45) is 5.92 Å². The quantitative estimate of drug-likeness (QED) is 0.633. The van der Waals surface area contributed by atoms with Crippen LogP contribution in [-0.4, -0.2) is 30.8 Å². The molecule has 21 heavy (non-hydrogen) atoms. The van der Waals surface area contributed by atoms with Gasteiger partial charge in [0.1, 0.15) is 6.04 Å². The maximum absolute atomic E-state index is 12.2. The molecule has 0 saturated heterocycles. The molecule has 0 N–H and O–H groups in total. The van der Waals surface area contributed by atoms with Crippen molar-refractivity contribution in [1.82, 2.24) is 0 Å². The van der Waals surface area contributed by atoms with Gasteiger partial charge >= 0.3 is 5.97 Å². The van der Waals surface area contributed by atoms with Crippen LogP contribution >= 0.6 is 11.6 Å². The predicted octanol–water partition coefficient (Wildman–Crippen LogP) is 2.46. The van der Waals surface area contributed by atoms with Crippen LogP contribution in [0.25, 0.3) is 0 Å². The van der Waals surface area contributed by atoms with Crippen molar-refractivity contribution in [2.45, 2.75) is 26.3 Å². The zero-order valence-electron chi connectivity index (χ0n) is 12.1. The van der Waals surface area contributed by atoms with Crippen molar-refractivity contribution in [3.05, 3.63) is 28.8 Å². The summed E-state index contributed by atoms with van der Waals surface area (Å²) in [7, 11) is 1.26. The predicted molar refractivity (Wildman–Crippen MR) is 78.5 cm³/mol. The van der Waals surface area contributed by atoms with Crippen molar-refractivity contribution >= 4 is 34.9 Å². The second-order valence-electron chi connectivity index (χ2n) is 5.33. The summed E-state index contributed by atoms with van der Waals surface area (Å²) in [5.41, 5.74) is 0.635.